The highest BCUT2D eigenvalue weighted by atomic mass is 16.2. The van der Waals surface area contributed by atoms with Gasteiger partial charge in [-0.25, -0.2) is 15.0 Å². The zero-order valence-electron chi connectivity index (χ0n) is 11.5. The molecule has 1 aliphatic heterocycles. The number of carbonyl (C=O) groups excluding carboxylic acids is 1. The molecule has 21 heavy (non-hydrogen) atoms. The molecule has 2 N–H and O–H groups in total. The monoisotopic (exact) mass is 284 g/mol. The van der Waals surface area contributed by atoms with Crippen LogP contribution in [0.25, 0.3) is 11.2 Å². The summed E-state index contributed by atoms with van der Waals surface area (Å²) in [5, 5.41) is 0. The molecule has 0 aromatic carbocycles. The lowest BCUT2D eigenvalue weighted by Crippen LogP contribution is -2.40. The van der Waals surface area contributed by atoms with Crippen molar-refractivity contribution in [1.29, 1.82) is 0 Å². The van der Waals surface area contributed by atoms with Gasteiger partial charge in [0, 0.05) is 12.6 Å². The van der Waals surface area contributed by atoms with Crippen LogP contribution in [0.1, 0.15) is 12.8 Å². The van der Waals surface area contributed by atoms with Crippen molar-refractivity contribution in [2.75, 3.05) is 12.3 Å². The van der Waals surface area contributed by atoms with E-state index in [2.05, 4.69) is 19.9 Å². The number of nitrogen functional groups attached to an aromatic ring is 1. The topological polar surface area (TPSA) is 89.9 Å². The van der Waals surface area contributed by atoms with Crippen LogP contribution in [0.2, 0.25) is 0 Å². The summed E-state index contributed by atoms with van der Waals surface area (Å²) in [5.74, 6) is 2.98. The first-order valence-corrected chi connectivity index (χ1v) is 7.43. The Hall–Kier alpha value is -2.18. The van der Waals surface area contributed by atoms with Crippen LogP contribution in [0.5, 0.6) is 0 Å². The largest absolute Gasteiger partial charge is 0.382 e. The number of imidazole rings is 1. The third-order valence-corrected chi connectivity index (χ3v) is 5.42. The van der Waals surface area contributed by atoms with Crippen LogP contribution in [0.4, 0.5) is 5.82 Å². The number of anilines is 1. The van der Waals surface area contributed by atoms with Gasteiger partial charge in [0.1, 0.15) is 18.4 Å². The predicted octanol–water partition coefficient (Wildman–Crippen LogP) is 0.275. The standard InChI is InChI=1S/C14H16N6O/c15-13-12-14(17-5-16-13)19(6-18-12)4-11(21)20-3-7-1-10(20)9-2-8(7)9/h5-10H,1-4H2,(H2,15,16,17)/t7-,8-,9-,10-/m0/s1. The Kier molecular flexibility index (Phi) is 2.03. The van der Waals surface area contributed by atoms with Crippen LogP contribution in [-0.4, -0.2) is 42.9 Å². The maximum Gasteiger partial charge on any atom is 0.242 e. The first kappa shape index (κ1) is 11.5. The molecule has 0 radical (unpaired) electrons. The maximum atomic E-state index is 12.6. The van der Waals surface area contributed by atoms with Gasteiger partial charge < -0.3 is 15.2 Å². The van der Waals surface area contributed by atoms with Crippen molar-refractivity contribution in [3.05, 3.63) is 12.7 Å². The van der Waals surface area contributed by atoms with E-state index in [1.54, 1.807) is 10.9 Å². The first-order valence-electron chi connectivity index (χ1n) is 7.43. The number of nitrogens with zero attached hydrogens (tertiary/aromatic N) is 5. The molecule has 2 bridgehead atoms. The number of likely N-dealkylation sites (tertiary alicyclic amines) is 1. The Morgan fingerprint density at radius 1 is 1.29 bits per heavy atom. The van der Waals surface area contributed by atoms with Crippen LogP contribution < -0.4 is 5.73 Å². The Labute approximate surface area is 121 Å². The molecule has 4 atom stereocenters. The molecular weight excluding hydrogens is 268 g/mol. The smallest absolute Gasteiger partial charge is 0.242 e. The fourth-order valence-electron chi connectivity index (χ4n) is 4.37. The molecule has 5 rings (SSSR count). The van der Waals surface area contributed by atoms with Crippen molar-refractivity contribution < 1.29 is 4.79 Å². The van der Waals surface area contributed by atoms with E-state index in [0.717, 1.165) is 24.3 Å². The second kappa shape index (κ2) is 3.72. The third kappa shape index (κ3) is 1.48. The summed E-state index contributed by atoms with van der Waals surface area (Å²) in [6.07, 6.45) is 5.58. The van der Waals surface area contributed by atoms with Crippen LogP contribution in [0.3, 0.4) is 0 Å². The quantitative estimate of drug-likeness (QED) is 0.855. The van der Waals surface area contributed by atoms with E-state index in [0.29, 0.717) is 23.0 Å². The van der Waals surface area contributed by atoms with E-state index in [9.17, 15) is 4.79 Å². The van der Waals surface area contributed by atoms with Crippen LogP contribution in [-0.2, 0) is 11.3 Å². The number of amides is 1. The van der Waals surface area contributed by atoms with Gasteiger partial charge in [0.15, 0.2) is 11.5 Å². The molecule has 0 unspecified atom stereocenters. The normalized spacial score (nSPS) is 32.7. The zero-order valence-corrected chi connectivity index (χ0v) is 11.5. The number of aromatic nitrogens is 4. The average Bonchev–Trinajstić information content (AvgIpc) is 2.87. The summed E-state index contributed by atoms with van der Waals surface area (Å²) < 4.78 is 1.77. The summed E-state index contributed by atoms with van der Waals surface area (Å²) in [7, 11) is 0. The third-order valence-electron chi connectivity index (χ3n) is 5.42. The molecule has 2 aromatic heterocycles. The number of nitrogens with two attached hydrogens (primary N) is 1. The average molecular weight is 284 g/mol. The summed E-state index contributed by atoms with van der Waals surface area (Å²) in [6, 6.07) is 0.488. The van der Waals surface area contributed by atoms with Gasteiger partial charge in [-0.3, -0.25) is 4.79 Å². The van der Waals surface area contributed by atoms with Crippen LogP contribution in [0.15, 0.2) is 12.7 Å². The molecule has 2 aromatic rings. The van der Waals surface area contributed by atoms with Gasteiger partial charge in [-0.2, -0.15) is 0 Å². The SMILES string of the molecule is Nc1ncnc2c1ncn2CC(=O)N1C[C@@H]2C[C@H]1[C@H]1C[C@@H]21. The van der Waals surface area contributed by atoms with Gasteiger partial charge >= 0.3 is 0 Å². The maximum absolute atomic E-state index is 12.6. The minimum absolute atomic E-state index is 0.171. The van der Waals surface area contributed by atoms with Gasteiger partial charge in [-0.05, 0) is 30.6 Å². The Balaban J connectivity index is 1.41. The molecule has 108 valence electrons. The van der Waals surface area contributed by atoms with Gasteiger partial charge in [0.25, 0.3) is 0 Å². The highest BCUT2D eigenvalue weighted by molar-refractivity contribution is 5.83. The molecule has 1 saturated heterocycles. The van der Waals surface area contributed by atoms with E-state index in [1.807, 2.05) is 0 Å². The van der Waals surface area contributed by atoms with Gasteiger partial charge in [0.2, 0.25) is 5.91 Å². The van der Waals surface area contributed by atoms with E-state index >= 15 is 0 Å². The van der Waals surface area contributed by atoms with Crippen molar-refractivity contribution in [1.82, 2.24) is 24.4 Å². The number of hydrogen-bond donors (Lipinski definition) is 1. The minimum atomic E-state index is 0.171. The van der Waals surface area contributed by atoms with Gasteiger partial charge in [-0.1, -0.05) is 0 Å². The van der Waals surface area contributed by atoms with Crippen molar-refractivity contribution >= 4 is 22.9 Å². The fraction of sp³-hybridized carbons (Fsp3) is 0.571. The Morgan fingerprint density at radius 2 is 2.19 bits per heavy atom. The Morgan fingerprint density at radius 3 is 3.00 bits per heavy atom. The van der Waals surface area contributed by atoms with Crippen molar-refractivity contribution in [3.8, 4) is 0 Å². The highest BCUT2D eigenvalue weighted by Crippen LogP contribution is 2.61. The lowest BCUT2D eigenvalue weighted by atomic mass is 10.1. The lowest BCUT2D eigenvalue weighted by molar-refractivity contribution is -0.133. The van der Waals surface area contributed by atoms with Gasteiger partial charge in [0.05, 0.1) is 6.33 Å². The molecule has 3 heterocycles. The van der Waals surface area contributed by atoms with E-state index in [-0.39, 0.29) is 12.5 Å². The van der Waals surface area contributed by atoms with E-state index in [1.165, 1.54) is 19.2 Å². The summed E-state index contributed by atoms with van der Waals surface area (Å²) in [5.41, 5.74) is 6.97. The highest BCUT2D eigenvalue weighted by Gasteiger charge is 2.61. The van der Waals surface area contributed by atoms with Crippen molar-refractivity contribution in [3.63, 3.8) is 0 Å². The second-order valence-electron chi connectivity index (χ2n) is 6.48. The number of fused-ring (bicyclic) bond motifs is 6. The summed E-state index contributed by atoms with van der Waals surface area (Å²) in [4.78, 5) is 27.0. The molecule has 7 nitrogen and oxygen atoms in total. The molecule has 2 saturated carbocycles. The molecule has 3 aliphatic rings. The minimum Gasteiger partial charge on any atom is -0.382 e. The molecule has 2 aliphatic carbocycles. The molecule has 3 fully saturated rings. The zero-order chi connectivity index (χ0) is 14.1. The van der Waals surface area contributed by atoms with Gasteiger partial charge in [-0.15, -0.1) is 0 Å². The molecule has 0 spiro atoms. The van der Waals surface area contributed by atoms with E-state index in [4.69, 9.17) is 5.73 Å². The Bertz CT molecular complexity index is 755. The predicted molar refractivity (Wildman–Crippen MR) is 74.9 cm³/mol. The van der Waals surface area contributed by atoms with Crippen LogP contribution >= 0.6 is 0 Å². The van der Waals surface area contributed by atoms with Crippen molar-refractivity contribution in [2.45, 2.75) is 25.4 Å². The van der Waals surface area contributed by atoms with Crippen LogP contribution in [0, 0.1) is 17.8 Å². The summed E-state index contributed by atoms with van der Waals surface area (Å²) in [6.45, 7) is 1.22. The molecule has 7 heteroatoms. The van der Waals surface area contributed by atoms with E-state index < -0.39 is 0 Å². The number of hydrogen-bond acceptors (Lipinski definition) is 5. The number of piperidine rings is 1. The molecular formula is C14H16N6O. The van der Waals surface area contributed by atoms with Crippen molar-refractivity contribution in [2.24, 2.45) is 17.8 Å². The number of carbonyl (C=O) groups is 1. The second-order valence-corrected chi connectivity index (χ2v) is 6.48. The summed E-state index contributed by atoms with van der Waals surface area (Å²) >= 11 is 0. The first-order chi connectivity index (χ1) is 10.2. The number of rotatable bonds is 2. The lowest BCUT2D eigenvalue weighted by Gasteiger charge is -2.27. The fourth-order valence-corrected chi connectivity index (χ4v) is 4.37. The molecule has 1 amide bonds.